The molecule has 0 atom stereocenters. The highest BCUT2D eigenvalue weighted by Gasteiger charge is 2.05. The molecule has 0 aliphatic heterocycles. The first-order valence-corrected chi connectivity index (χ1v) is 6.38. The van der Waals surface area contributed by atoms with Gasteiger partial charge >= 0.3 is 0 Å². The van der Waals surface area contributed by atoms with E-state index in [-0.39, 0.29) is 5.91 Å². The summed E-state index contributed by atoms with van der Waals surface area (Å²) in [5.41, 5.74) is 2.56. The van der Waals surface area contributed by atoms with Gasteiger partial charge in [-0.25, -0.2) is 4.98 Å². The van der Waals surface area contributed by atoms with Crippen LogP contribution in [0.3, 0.4) is 0 Å². The van der Waals surface area contributed by atoms with Crippen molar-refractivity contribution in [2.24, 2.45) is 0 Å². The predicted octanol–water partition coefficient (Wildman–Crippen LogP) is 3.08. The number of hydrogen-bond donors (Lipinski definition) is 2. The number of imidazole rings is 1. The van der Waals surface area contributed by atoms with Crippen LogP contribution in [0.25, 0.3) is 0 Å². The van der Waals surface area contributed by atoms with E-state index in [1.807, 2.05) is 48.0 Å². The molecule has 0 spiro atoms. The number of benzene rings is 1. The minimum Gasteiger partial charge on any atom is -0.326 e. The molecule has 0 unspecified atom stereocenters. The van der Waals surface area contributed by atoms with Crippen LogP contribution in [0.2, 0.25) is 0 Å². The van der Waals surface area contributed by atoms with E-state index < -0.39 is 0 Å². The summed E-state index contributed by atoms with van der Waals surface area (Å²) >= 11 is 0. The van der Waals surface area contributed by atoms with Gasteiger partial charge in [-0.3, -0.25) is 4.79 Å². The van der Waals surface area contributed by atoms with Gasteiger partial charge in [0.1, 0.15) is 0 Å². The largest absolute Gasteiger partial charge is 0.326 e. The second-order valence-electron chi connectivity index (χ2n) is 4.53. The van der Waals surface area contributed by atoms with Gasteiger partial charge in [0.25, 0.3) is 0 Å². The Morgan fingerprint density at radius 3 is 2.90 bits per heavy atom. The Morgan fingerprint density at radius 1 is 1.45 bits per heavy atom. The van der Waals surface area contributed by atoms with Crippen LogP contribution in [-0.4, -0.2) is 15.5 Å². The van der Waals surface area contributed by atoms with Crippen LogP contribution in [0, 0.1) is 6.92 Å². The molecule has 1 aromatic carbocycles. The molecular formula is C15H18N4O. The zero-order valence-corrected chi connectivity index (χ0v) is 11.7. The van der Waals surface area contributed by atoms with Crippen LogP contribution >= 0.6 is 0 Å². The van der Waals surface area contributed by atoms with Gasteiger partial charge in [0.2, 0.25) is 11.9 Å². The number of carbonyl (C=O) groups excluding carboxylic acids is 1. The first kappa shape index (κ1) is 13.9. The minimum atomic E-state index is -0.0915. The third-order valence-corrected chi connectivity index (χ3v) is 2.66. The normalized spacial score (nSPS) is 10.1. The van der Waals surface area contributed by atoms with Gasteiger partial charge < -0.3 is 15.2 Å². The SMILES string of the molecule is C=CCn1cc(C)nc1Nc1cccc(NC(C)=O)c1. The van der Waals surface area contributed by atoms with Gasteiger partial charge in [-0.2, -0.15) is 0 Å². The van der Waals surface area contributed by atoms with E-state index in [1.54, 1.807) is 0 Å². The average Bonchev–Trinajstić information content (AvgIpc) is 2.69. The molecule has 2 aromatic rings. The van der Waals surface area contributed by atoms with Crippen molar-refractivity contribution in [1.82, 2.24) is 9.55 Å². The van der Waals surface area contributed by atoms with Crippen molar-refractivity contribution >= 4 is 23.2 Å². The van der Waals surface area contributed by atoms with Crippen molar-refractivity contribution < 1.29 is 4.79 Å². The average molecular weight is 270 g/mol. The number of anilines is 3. The van der Waals surface area contributed by atoms with Crippen LogP contribution in [0.4, 0.5) is 17.3 Å². The fraction of sp³-hybridized carbons (Fsp3) is 0.200. The van der Waals surface area contributed by atoms with Gasteiger partial charge in [-0.1, -0.05) is 12.1 Å². The van der Waals surface area contributed by atoms with E-state index in [0.717, 1.165) is 23.0 Å². The summed E-state index contributed by atoms with van der Waals surface area (Å²) in [6, 6.07) is 7.51. The highest BCUT2D eigenvalue weighted by molar-refractivity contribution is 5.89. The van der Waals surface area contributed by atoms with Crippen molar-refractivity contribution in [3.63, 3.8) is 0 Å². The molecule has 0 bridgehead atoms. The Hall–Kier alpha value is -2.56. The third-order valence-electron chi connectivity index (χ3n) is 2.66. The molecule has 0 fully saturated rings. The number of carbonyl (C=O) groups is 1. The summed E-state index contributed by atoms with van der Waals surface area (Å²) in [7, 11) is 0. The highest BCUT2D eigenvalue weighted by Crippen LogP contribution is 2.20. The Bertz CT molecular complexity index is 631. The van der Waals surface area contributed by atoms with Gasteiger partial charge in [0.15, 0.2) is 0 Å². The topological polar surface area (TPSA) is 59.0 Å². The van der Waals surface area contributed by atoms with Crippen LogP contribution in [-0.2, 0) is 11.3 Å². The summed E-state index contributed by atoms with van der Waals surface area (Å²) in [6.45, 7) is 7.85. The van der Waals surface area contributed by atoms with Crippen LogP contribution < -0.4 is 10.6 Å². The summed E-state index contributed by atoms with van der Waals surface area (Å²) < 4.78 is 1.98. The Morgan fingerprint density at radius 2 is 2.20 bits per heavy atom. The number of aromatic nitrogens is 2. The molecule has 104 valence electrons. The molecular weight excluding hydrogens is 252 g/mol. The fourth-order valence-electron chi connectivity index (χ4n) is 1.93. The molecule has 1 amide bonds. The lowest BCUT2D eigenvalue weighted by atomic mass is 10.3. The molecule has 20 heavy (non-hydrogen) atoms. The molecule has 1 heterocycles. The van der Waals surface area contributed by atoms with Crippen molar-refractivity contribution in [3.8, 4) is 0 Å². The molecule has 0 aliphatic carbocycles. The Kier molecular flexibility index (Phi) is 4.20. The monoisotopic (exact) mass is 270 g/mol. The van der Waals surface area contributed by atoms with Gasteiger partial charge in [0, 0.05) is 31.0 Å². The fourth-order valence-corrected chi connectivity index (χ4v) is 1.93. The lowest BCUT2D eigenvalue weighted by Gasteiger charge is -2.09. The van der Waals surface area contributed by atoms with Gasteiger partial charge in [-0.05, 0) is 25.1 Å². The number of nitrogens with zero attached hydrogens (tertiary/aromatic N) is 2. The molecule has 0 aliphatic rings. The smallest absolute Gasteiger partial charge is 0.221 e. The molecule has 5 heteroatoms. The minimum absolute atomic E-state index is 0.0915. The second kappa shape index (κ2) is 6.06. The molecule has 1 aromatic heterocycles. The number of aryl methyl sites for hydroxylation is 1. The van der Waals surface area contributed by atoms with E-state index in [1.165, 1.54) is 6.92 Å². The number of hydrogen-bond acceptors (Lipinski definition) is 3. The van der Waals surface area contributed by atoms with Gasteiger partial charge in [-0.15, -0.1) is 6.58 Å². The van der Waals surface area contributed by atoms with Crippen LogP contribution in [0.1, 0.15) is 12.6 Å². The maximum absolute atomic E-state index is 11.1. The Labute approximate surface area is 118 Å². The second-order valence-corrected chi connectivity index (χ2v) is 4.53. The lowest BCUT2D eigenvalue weighted by molar-refractivity contribution is -0.114. The number of allylic oxidation sites excluding steroid dienone is 1. The number of rotatable bonds is 5. The standard InChI is InChI=1S/C15H18N4O/c1-4-8-19-10-11(2)16-15(19)18-14-7-5-6-13(9-14)17-12(3)20/h4-7,9-10H,1,8H2,2-3H3,(H,16,18)(H,17,20). The molecule has 0 saturated heterocycles. The van der Waals surface area contributed by atoms with E-state index >= 15 is 0 Å². The first-order chi connectivity index (χ1) is 9.58. The molecule has 0 radical (unpaired) electrons. The zero-order chi connectivity index (χ0) is 14.5. The number of amides is 1. The first-order valence-electron chi connectivity index (χ1n) is 6.38. The van der Waals surface area contributed by atoms with Crippen LogP contribution in [0.15, 0.2) is 43.1 Å². The van der Waals surface area contributed by atoms with Crippen molar-refractivity contribution in [1.29, 1.82) is 0 Å². The summed E-state index contributed by atoms with van der Waals surface area (Å²) in [4.78, 5) is 15.5. The third kappa shape index (κ3) is 3.47. The predicted molar refractivity (Wildman–Crippen MR) is 81.2 cm³/mol. The van der Waals surface area contributed by atoms with E-state index in [0.29, 0.717) is 6.54 Å². The Balaban J connectivity index is 2.21. The maximum Gasteiger partial charge on any atom is 0.221 e. The zero-order valence-electron chi connectivity index (χ0n) is 11.7. The van der Waals surface area contributed by atoms with Crippen molar-refractivity contribution in [2.75, 3.05) is 10.6 Å². The summed E-state index contributed by atoms with van der Waals surface area (Å²) in [5, 5.41) is 6.00. The van der Waals surface area contributed by atoms with Gasteiger partial charge in [0.05, 0.1) is 5.69 Å². The molecule has 5 nitrogen and oxygen atoms in total. The molecule has 2 N–H and O–H groups in total. The van der Waals surface area contributed by atoms with Crippen molar-refractivity contribution in [2.45, 2.75) is 20.4 Å². The quantitative estimate of drug-likeness (QED) is 0.821. The molecule has 2 rings (SSSR count). The summed E-state index contributed by atoms with van der Waals surface area (Å²) in [6.07, 6.45) is 3.78. The van der Waals surface area contributed by atoms with E-state index in [9.17, 15) is 4.79 Å². The number of nitrogens with one attached hydrogen (secondary N) is 2. The molecule has 0 saturated carbocycles. The lowest BCUT2D eigenvalue weighted by Crippen LogP contribution is -2.06. The van der Waals surface area contributed by atoms with E-state index in [2.05, 4.69) is 22.2 Å². The maximum atomic E-state index is 11.1. The summed E-state index contributed by atoms with van der Waals surface area (Å²) in [5.74, 6) is 0.661. The highest BCUT2D eigenvalue weighted by atomic mass is 16.1. The van der Waals surface area contributed by atoms with E-state index in [4.69, 9.17) is 0 Å². The van der Waals surface area contributed by atoms with Crippen molar-refractivity contribution in [3.05, 3.63) is 48.8 Å². The van der Waals surface area contributed by atoms with Crippen LogP contribution in [0.5, 0.6) is 0 Å².